The molecule has 1 N–H and O–H groups in total. The smallest absolute Gasteiger partial charge is 0.231 e. The van der Waals surface area contributed by atoms with Crippen molar-refractivity contribution in [3.63, 3.8) is 0 Å². The summed E-state index contributed by atoms with van der Waals surface area (Å²) in [5.74, 6) is 1.63. The molecule has 1 aliphatic heterocycles. The van der Waals surface area contributed by atoms with Gasteiger partial charge in [0.25, 0.3) is 0 Å². The molecule has 108 valence electrons. The molecule has 4 rings (SSSR count). The van der Waals surface area contributed by atoms with Gasteiger partial charge in [0, 0.05) is 17.8 Å². The predicted molar refractivity (Wildman–Crippen MR) is 85.4 cm³/mol. The van der Waals surface area contributed by atoms with Crippen LogP contribution in [-0.2, 0) is 0 Å². The highest BCUT2D eigenvalue weighted by Crippen LogP contribution is 2.35. The van der Waals surface area contributed by atoms with E-state index in [2.05, 4.69) is 4.99 Å². The average molecular weight is 291 g/mol. The zero-order valence-corrected chi connectivity index (χ0v) is 11.7. The molecule has 0 unspecified atom stereocenters. The number of aliphatic imine (C=N–C) groups is 1. The standard InChI is InChI=1S/C18H13NO3/c20-16-7-5-12-3-1-2-4-14(12)15(16)10-19-13-6-8-17-18(9-13)22-11-21-17/h1-10,20H,11H2. The van der Waals surface area contributed by atoms with Crippen LogP contribution in [0.1, 0.15) is 5.56 Å². The van der Waals surface area contributed by atoms with Crippen molar-refractivity contribution in [1.82, 2.24) is 0 Å². The highest BCUT2D eigenvalue weighted by Gasteiger charge is 2.12. The van der Waals surface area contributed by atoms with E-state index in [1.807, 2.05) is 48.5 Å². The Morgan fingerprint density at radius 1 is 0.955 bits per heavy atom. The monoisotopic (exact) mass is 291 g/mol. The van der Waals surface area contributed by atoms with Crippen LogP contribution in [-0.4, -0.2) is 18.1 Å². The van der Waals surface area contributed by atoms with Gasteiger partial charge in [-0.05, 0) is 29.0 Å². The van der Waals surface area contributed by atoms with Gasteiger partial charge < -0.3 is 14.6 Å². The van der Waals surface area contributed by atoms with Crippen LogP contribution in [0.4, 0.5) is 5.69 Å². The normalized spacial score (nSPS) is 13.1. The topological polar surface area (TPSA) is 51.1 Å². The number of phenolic OH excluding ortho intramolecular Hbond substituents is 1. The van der Waals surface area contributed by atoms with E-state index in [0.29, 0.717) is 11.3 Å². The number of fused-ring (bicyclic) bond motifs is 2. The Bertz CT molecular complexity index is 887. The van der Waals surface area contributed by atoms with E-state index in [0.717, 1.165) is 22.2 Å². The number of ether oxygens (including phenoxy) is 2. The Balaban J connectivity index is 1.75. The summed E-state index contributed by atoms with van der Waals surface area (Å²) in [5.41, 5.74) is 1.45. The van der Waals surface area contributed by atoms with Crippen LogP contribution in [0.2, 0.25) is 0 Å². The van der Waals surface area contributed by atoms with Crippen LogP contribution >= 0.6 is 0 Å². The molecule has 4 heteroatoms. The summed E-state index contributed by atoms with van der Waals surface area (Å²) in [6.07, 6.45) is 1.68. The maximum atomic E-state index is 10.1. The maximum absolute atomic E-state index is 10.1. The number of phenols is 1. The van der Waals surface area contributed by atoms with Crippen LogP contribution in [0.5, 0.6) is 17.2 Å². The third-order valence-electron chi connectivity index (χ3n) is 3.65. The molecule has 0 saturated carbocycles. The summed E-state index contributed by atoms with van der Waals surface area (Å²) in [4.78, 5) is 4.44. The molecule has 0 radical (unpaired) electrons. The predicted octanol–water partition coefficient (Wildman–Crippen LogP) is 4.02. The van der Waals surface area contributed by atoms with Crippen LogP contribution in [0.3, 0.4) is 0 Å². The maximum Gasteiger partial charge on any atom is 0.231 e. The van der Waals surface area contributed by atoms with E-state index >= 15 is 0 Å². The van der Waals surface area contributed by atoms with Crippen molar-refractivity contribution in [2.75, 3.05) is 6.79 Å². The molecule has 0 aromatic heterocycles. The summed E-state index contributed by atoms with van der Waals surface area (Å²) in [6.45, 7) is 0.243. The molecule has 0 amide bonds. The second-order valence-electron chi connectivity index (χ2n) is 5.02. The number of hydrogen-bond acceptors (Lipinski definition) is 4. The largest absolute Gasteiger partial charge is 0.507 e. The number of aromatic hydroxyl groups is 1. The third kappa shape index (κ3) is 2.15. The summed E-state index contributed by atoms with van der Waals surface area (Å²) in [7, 11) is 0. The molecule has 4 nitrogen and oxygen atoms in total. The number of nitrogens with zero attached hydrogens (tertiary/aromatic N) is 1. The highest BCUT2D eigenvalue weighted by atomic mass is 16.7. The lowest BCUT2D eigenvalue weighted by atomic mass is 10.0. The van der Waals surface area contributed by atoms with Crippen molar-refractivity contribution in [2.45, 2.75) is 0 Å². The van der Waals surface area contributed by atoms with Crippen LogP contribution in [0.25, 0.3) is 10.8 Å². The molecular formula is C18H13NO3. The van der Waals surface area contributed by atoms with E-state index < -0.39 is 0 Å². The van der Waals surface area contributed by atoms with E-state index in [4.69, 9.17) is 9.47 Å². The molecular weight excluding hydrogens is 278 g/mol. The summed E-state index contributed by atoms with van der Waals surface area (Å²) in [6, 6.07) is 17.0. The Morgan fingerprint density at radius 2 is 1.82 bits per heavy atom. The van der Waals surface area contributed by atoms with Gasteiger partial charge in [0.05, 0.1) is 5.69 Å². The zero-order valence-electron chi connectivity index (χ0n) is 11.7. The molecule has 3 aromatic rings. The van der Waals surface area contributed by atoms with E-state index in [1.54, 1.807) is 12.3 Å². The molecule has 3 aromatic carbocycles. The van der Waals surface area contributed by atoms with Crippen molar-refractivity contribution in [2.24, 2.45) is 4.99 Å². The molecule has 0 fully saturated rings. The molecule has 0 aliphatic carbocycles. The molecule has 22 heavy (non-hydrogen) atoms. The van der Waals surface area contributed by atoms with Crippen LogP contribution < -0.4 is 9.47 Å². The number of hydrogen-bond donors (Lipinski definition) is 1. The first-order chi connectivity index (χ1) is 10.8. The average Bonchev–Trinajstić information content (AvgIpc) is 3.01. The number of rotatable bonds is 2. The van der Waals surface area contributed by atoms with Gasteiger partial charge in [-0.1, -0.05) is 30.3 Å². The molecule has 1 aliphatic rings. The Hall–Kier alpha value is -3.01. The molecule has 0 bridgehead atoms. The van der Waals surface area contributed by atoms with Crippen LogP contribution in [0, 0.1) is 0 Å². The molecule has 0 saturated heterocycles. The SMILES string of the molecule is Oc1ccc2ccccc2c1C=Nc1ccc2c(c1)OCO2. The lowest BCUT2D eigenvalue weighted by molar-refractivity contribution is 0.174. The van der Waals surface area contributed by atoms with Crippen molar-refractivity contribution in [3.05, 3.63) is 60.2 Å². The van der Waals surface area contributed by atoms with Crippen molar-refractivity contribution >= 4 is 22.7 Å². The second kappa shape index (κ2) is 5.07. The minimum Gasteiger partial charge on any atom is -0.507 e. The third-order valence-corrected chi connectivity index (χ3v) is 3.65. The van der Waals surface area contributed by atoms with Gasteiger partial charge in [-0.2, -0.15) is 0 Å². The minimum atomic E-state index is 0.211. The van der Waals surface area contributed by atoms with Gasteiger partial charge in [0.1, 0.15) is 5.75 Å². The fourth-order valence-electron chi connectivity index (χ4n) is 2.52. The van der Waals surface area contributed by atoms with Gasteiger partial charge in [-0.25, -0.2) is 0 Å². The van der Waals surface area contributed by atoms with E-state index in [9.17, 15) is 5.11 Å². The van der Waals surface area contributed by atoms with E-state index in [-0.39, 0.29) is 12.5 Å². The highest BCUT2D eigenvalue weighted by molar-refractivity contribution is 6.03. The van der Waals surface area contributed by atoms with Gasteiger partial charge in [-0.3, -0.25) is 4.99 Å². The van der Waals surface area contributed by atoms with Gasteiger partial charge in [-0.15, -0.1) is 0 Å². The van der Waals surface area contributed by atoms with Crippen molar-refractivity contribution in [1.29, 1.82) is 0 Å². The zero-order chi connectivity index (χ0) is 14.9. The Kier molecular flexibility index (Phi) is 2.93. The molecule has 0 atom stereocenters. The number of benzene rings is 3. The van der Waals surface area contributed by atoms with Gasteiger partial charge >= 0.3 is 0 Å². The Morgan fingerprint density at radius 3 is 2.77 bits per heavy atom. The minimum absolute atomic E-state index is 0.211. The van der Waals surface area contributed by atoms with Crippen molar-refractivity contribution in [3.8, 4) is 17.2 Å². The van der Waals surface area contributed by atoms with E-state index in [1.165, 1.54) is 0 Å². The second-order valence-corrected chi connectivity index (χ2v) is 5.02. The summed E-state index contributed by atoms with van der Waals surface area (Å²) < 4.78 is 10.6. The lowest BCUT2D eigenvalue weighted by Gasteiger charge is -2.04. The first kappa shape index (κ1) is 12.7. The molecule has 0 spiro atoms. The first-order valence-corrected chi connectivity index (χ1v) is 6.96. The lowest BCUT2D eigenvalue weighted by Crippen LogP contribution is -1.92. The Labute approximate surface area is 127 Å². The van der Waals surface area contributed by atoms with Crippen LogP contribution in [0.15, 0.2) is 59.6 Å². The fourth-order valence-corrected chi connectivity index (χ4v) is 2.52. The summed E-state index contributed by atoms with van der Waals surface area (Å²) >= 11 is 0. The fraction of sp³-hybridized carbons (Fsp3) is 0.0556. The quantitative estimate of drug-likeness (QED) is 0.725. The first-order valence-electron chi connectivity index (χ1n) is 6.96. The van der Waals surface area contributed by atoms with Crippen molar-refractivity contribution < 1.29 is 14.6 Å². The van der Waals surface area contributed by atoms with Gasteiger partial charge in [0.15, 0.2) is 11.5 Å². The van der Waals surface area contributed by atoms with Gasteiger partial charge in [0.2, 0.25) is 6.79 Å². The molecule has 1 heterocycles. The summed E-state index contributed by atoms with van der Waals surface area (Å²) in [5, 5.41) is 12.1.